The number of aryl methyl sites for hydroxylation is 1. The van der Waals surface area contributed by atoms with E-state index in [9.17, 15) is 0 Å². The molecule has 72 valence electrons. The Morgan fingerprint density at radius 1 is 1.46 bits per heavy atom. The van der Waals surface area contributed by atoms with Crippen molar-refractivity contribution in [3.63, 3.8) is 0 Å². The van der Waals surface area contributed by atoms with Gasteiger partial charge in [-0.1, -0.05) is 6.92 Å². The second kappa shape index (κ2) is 3.66. The molecule has 1 heterocycles. The molecular weight excluding hydrogens is 186 g/mol. The summed E-state index contributed by atoms with van der Waals surface area (Å²) in [5, 5.41) is 8.51. The molecule has 0 atom stereocenters. The predicted molar refractivity (Wildman–Crippen MR) is 51.8 cm³/mol. The standard InChI is InChI=1S/C9H14ClN3/c1-2-3-8-11-12-9(10)13(8)6-7-4-5-7/h7H,2-6H2,1H3. The minimum atomic E-state index is 0.551. The molecule has 4 heteroatoms. The van der Waals surface area contributed by atoms with Crippen LogP contribution in [0.3, 0.4) is 0 Å². The molecule has 0 saturated heterocycles. The Bertz CT molecular complexity index is 291. The highest BCUT2D eigenvalue weighted by Crippen LogP contribution is 2.31. The SMILES string of the molecule is CCCc1nnc(Cl)n1CC1CC1. The summed E-state index contributed by atoms with van der Waals surface area (Å²) in [6.07, 6.45) is 4.74. The summed E-state index contributed by atoms with van der Waals surface area (Å²) in [7, 11) is 0. The van der Waals surface area contributed by atoms with Gasteiger partial charge >= 0.3 is 0 Å². The van der Waals surface area contributed by atoms with Crippen LogP contribution in [-0.2, 0) is 13.0 Å². The van der Waals surface area contributed by atoms with E-state index in [2.05, 4.69) is 21.7 Å². The van der Waals surface area contributed by atoms with Gasteiger partial charge in [0.05, 0.1) is 0 Å². The Kier molecular flexibility index (Phi) is 2.54. The van der Waals surface area contributed by atoms with Gasteiger partial charge in [-0.2, -0.15) is 0 Å². The van der Waals surface area contributed by atoms with Crippen LogP contribution < -0.4 is 0 Å². The van der Waals surface area contributed by atoms with Gasteiger partial charge in [-0.15, -0.1) is 10.2 Å². The summed E-state index contributed by atoms with van der Waals surface area (Å²) >= 11 is 5.94. The minimum Gasteiger partial charge on any atom is -0.301 e. The van der Waals surface area contributed by atoms with Gasteiger partial charge in [-0.25, -0.2) is 0 Å². The summed E-state index contributed by atoms with van der Waals surface area (Å²) < 4.78 is 2.06. The fourth-order valence-corrected chi connectivity index (χ4v) is 1.67. The van der Waals surface area contributed by atoms with Crippen LogP contribution in [0.25, 0.3) is 0 Å². The van der Waals surface area contributed by atoms with Gasteiger partial charge in [0.15, 0.2) is 0 Å². The van der Waals surface area contributed by atoms with Crippen molar-refractivity contribution in [3.8, 4) is 0 Å². The van der Waals surface area contributed by atoms with Gasteiger partial charge in [0.2, 0.25) is 5.28 Å². The van der Waals surface area contributed by atoms with E-state index in [4.69, 9.17) is 11.6 Å². The number of hydrogen-bond acceptors (Lipinski definition) is 2. The summed E-state index contributed by atoms with van der Waals surface area (Å²) in [6.45, 7) is 3.16. The molecule has 1 aliphatic carbocycles. The summed E-state index contributed by atoms with van der Waals surface area (Å²) in [5.41, 5.74) is 0. The fraction of sp³-hybridized carbons (Fsp3) is 0.778. The average molecular weight is 200 g/mol. The van der Waals surface area contributed by atoms with E-state index >= 15 is 0 Å². The summed E-state index contributed by atoms with van der Waals surface area (Å²) in [4.78, 5) is 0. The van der Waals surface area contributed by atoms with Gasteiger partial charge in [-0.3, -0.25) is 0 Å². The molecule has 0 aromatic carbocycles. The van der Waals surface area contributed by atoms with Gasteiger partial charge in [0.25, 0.3) is 0 Å². The van der Waals surface area contributed by atoms with Crippen molar-refractivity contribution in [1.29, 1.82) is 0 Å². The van der Waals surface area contributed by atoms with Crippen molar-refractivity contribution >= 4 is 11.6 Å². The van der Waals surface area contributed by atoms with Crippen LogP contribution in [0.1, 0.15) is 32.0 Å². The normalized spacial score (nSPS) is 16.5. The third-order valence-corrected chi connectivity index (χ3v) is 2.67. The summed E-state index contributed by atoms with van der Waals surface area (Å²) in [6, 6.07) is 0. The van der Waals surface area contributed by atoms with Crippen LogP contribution in [0, 0.1) is 5.92 Å². The molecule has 13 heavy (non-hydrogen) atoms. The monoisotopic (exact) mass is 199 g/mol. The number of nitrogens with zero attached hydrogens (tertiary/aromatic N) is 3. The largest absolute Gasteiger partial charge is 0.301 e. The molecule has 1 aromatic rings. The number of halogens is 1. The lowest BCUT2D eigenvalue weighted by atomic mass is 10.3. The van der Waals surface area contributed by atoms with Crippen LogP contribution in [0.5, 0.6) is 0 Å². The van der Waals surface area contributed by atoms with Crippen LogP contribution in [-0.4, -0.2) is 14.8 Å². The highest BCUT2D eigenvalue weighted by atomic mass is 35.5. The molecule has 0 amide bonds. The van der Waals surface area contributed by atoms with Crippen molar-refractivity contribution in [2.24, 2.45) is 5.92 Å². The predicted octanol–water partition coefficient (Wildman–Crippen LogP) is 2.29. The average Bonchev–Trinajstić information content (AvgIpc) is 2.86. The molecule has 3 nitrogen and oxygen atoms in total. The lowest BCUT2D eigenvalue weighted by Gasteiger charge is -2.04. The van der Waals surface area contributed by atoms with Crippen molar-refractivity contribution in [3.05, 3.63) is 11.1 Å². The lowest BCUT2D eigenvalue weighted by molar-refractivity contribution is 0.591. The van der Waals surface area contributed by atoms with Gasteiger partial charge in [0, 0.05) is 13.0 Å². The molecule has 0 bridgehead atoms. The topological polar surface area (TPSA) is 30.7 Å². The molecule has 0 N–H and O–H groups in total. The quantitative estimate of drug-likeness (QED) is 0.745. The van der Waals surface area contributed by atoms with E-state index < -0.39 is 0 Å². The van der Waals surface area contributed by atoms with Crippen molar-refractivity contribution < 1.29 is 0 Å². The Labute approximate surface area is 83.1 Å². The third-order valence-electron chi connectivity index (χ3n) is 2.39. The first-order chi connectivity index (χ1) is 6.31. The first-order valence-corrected chi connectivity index (χ1v) is 5.26. The molecule has 0 aliphatic heterocycles. The molecule has 1 fully saturated rings. The zero-order valence-electron chi connectivity index (χ0n) is 7.83. The fourth-order valence-electron chi connectivity index (χ4n) is 1.46. The van der Waals surface area contributed by atoms with E-state index in [0.717, 1.165) is 31.1 Å². The molecule has 1 saturated carbocycles. The zero-order chi connectivity index (χ0) is 9.26. The lowest BCUT2D eigenvalue weighted by Crippen LogP contribution is -2.05. The van der Waals surface area contributed by atoms with E-state index in [1.165, 1.54) is 12.8 Å². The van der Waals surface area contributed by atoms with Crippen LogP contribution in [0.4, 0.5) is 0 Å². The van der Waals surface area contributed by atoms with Crippen LogP contribution in [0.15, 0.2) is 0 Å². The van der Waals surface area contributed by atoms with Crippen LogP contribution in [0.2, 0.25) is 5.28 Å². The Hall–Kier alpha value is -0.570. The van der Waals surface area contributed by atoms with Crippen LogP contribution >= 0.6 is 11.6 Å². The molecule has 1 aromatic heterocycles. The number of rotatable bonds is 4. The van der Waals surface area contributed by atoms with Gasteiger partial charge < -0.3 is 4.57 Å². The van der Waals surface area contributed by atoms with Crippen molar-refractivity contribution in [2.75, 3.05) is 0 Å². The highest BCUT2D eigenvalue weighted by molar-refractivity contribution is 6.28. The smallest absolute Gasteiger partial charge is 0.225 e. The third kappa shape index (κ3) is 2.02. The Morgan fingerprint density at radius 3 is 2.85 bits per heavy atom. The van der Waals surface area contributed by atoms with Crippen molar-refractivity contribution in [2.45, 2.75) is 39.2 Å². The first kappa shape index (κ1) is 9.00. The maximum Gasteiger partial charge on any atom is 0.225 e. The maximum atomic E-state index is 5.94. The molecular formula is C9H14ClN3. The van der Waals surface area contributed by atoms with E-state index in [1.54, 1.807) is 0 Å². The van der Waals surface area contributed by atoms with E-state index in [1.807, 2.05) is 0 Å². The van der Waals surface area contributed by atoms with Gasteiger partial charge in [-0.05, 0) is 36.8 Å². The zero-order valence-corrected chi connectivity index (χ0v) is 8.59. The van der Waals surface area contributed by atoms with Crippen molar-refractivity contribution in [1.82, 2.24) is 14.8 Å². The molecule has 1 aliphatic rings. The number of aromatic nitrogens is 3. The highest BCUT2D eigenvalue weighted by Gasteiger charge is 2.24. The van der Waals surface area contributed by atoms with E-state index in [0.29, 0.717) is 5.28 Å². The first-order valence-electron chi connectivity index (χ1n) is 4.89. The molecule has 0 radical (unpaired) electrons. The summed E-state index contributed by atoms with van der Waals surface area (Å²) in [5.74, 6) is 1.86. The van der Waals surface area contributed by atoms with E-state index in [-0.39, 0.29) is 0 Å². The Morgan fingerprint density at radius 2 is 2.23 bits per heavy atom. The second-order valence-corrected chi connectivity index (χ2v) is 4.03. The molecule has 0 unspecified atom stereocenters. The number of hydrogen-bond donors (Lipinski definition) is 0. The second-order valence-electron chi connectivity index (χ2n) is 3.69. The maximum absolute atomic E-state index is 5.94. The minimum absolute atomic E-state index is 0.551. The Balaban J connectivity index is 2.12. The molecule has 0 spiro atoms. The van der Waals surface area contributed by atoms with Gasteiger partial charge in [0.1, 0.15) is 5.82 Å². The molecule has 2 rings (SSSR count).